The number of hydrogen-bond acceptors (Lipinski definition) is 6. The second-order valence-corrected chi connectivity index (χ2v) is 8.90. The lowest BCUT2D eigenvalue weighted by molar-refractivity contribution is -0.115. The maximum Gasteiger partial charge on any atom is 0.250 e. The van der Waals surface area contributed by atoms with Gasteiger partial charge in [-0.3, -0.25) is 10.1 Å². The van der Waals surface area contributed by atoms with Gasteiger partial charge >= 0.3 is 0 Å². The third-order valence-corrected chi connectivity index (χ3v) is 6.28. The molecule has 0 atom stereocenters. The quantitative estimate of drug-likeness (QED) is 0.263. The fourth-order valence-electron chi connectivity index (χ4n) is 3.30. The van der Waals surface area contributed by atoms with Gasteiger partial charge in [-0.25, -0.2) is 4.98 Å². The number of amides is 1. The Labute approximate surface area is 207 Å². The van der Waals surface area contributed by atoms with Crippen molar-refractivity contribution in [2.75, 3.05) is 19.5 Å². The van der Waals surface area contributed by atoms with E-state index in [1.807, 2.05) is 36.4 Å². The van der Waals surface area contributed by atoms with E-state index < -0.39 is 0 Å². The van der Waals surface area contributed by atoms with Crippen molar-refractivity contribution in [1.82, 2.24) is 10.3 Å². The number of aryl methyl sites for hydroxylation is 1. The Morgan fingerprint density at radius 1 is 1.00 bits per heavy atom. The molecule has 0 bridgehead atoms. The molecular weight excluding hydrogens is 466 g/mol. The Balaban J connectivity index is 1.35. The first-order valence-corrected chi connectivity index (χ1v) is 11.7. The van der Waals surface area contributed by atoms with Gasteiger partial charge in [-0.1, -0.05) is 12.1 Å². The molecule has 0 fully saturated rings. The summed E-state index contributed by atoms with van der Waals surface area (Å²) in [6.45, 7) is 2.08. The number of thiocarbonyl (C=S) groups is 1. The third kappa shape index (κ3) is 5.59. The summed E-state index contributed by atoms with van der Waals surface area (Å²) in [6.07, 6.45) is 3.08. The topological polar surface area (TPSA) is 72.5 Å². The molecule has 0 saturated carbocycles. The minimum Gasteiger partial charge on any atom is -0.493 e. The Morgan fingerprint density at radius 3 is 2.50 bits per heavy atom. The van der Waals surface area contributed by atoms with E-state index in [0.717, 1.165) is 27.3 Å². The lowest BCUT2D eigenvalue weighted by Gasteiger charge is -2.09. The molecule has 1 aromatic heterocycles. The molecule has 0 saturated heterocycles. The highest BCUT2D eigenvalue weighted by Gasteiger charge is 2.08. The van der Waals surface area contributed by atoms with Crippen LogP contribution in [0.4, 0.5) is 5.69 Å². The zero-order valence-corrected chi connectivity index (χ0v) is 20.5. The molecule has 0 radical (unpaired) electrons. The summed E-state index contributed by atoms with van der Waals surface area (Å²) in [7, 11) is 3.14. The van der Waals surface area contributed by atoms with E-state index in [0.29, 0.717) is 11.5 Å². The molecule has 172 valence electrons. The van der Waals surface area contributed by atoms with Gasteiger partial charge in [0.05, 0.1) is 24.4 Å². The molecule has 0 unspecified atom stereocenters. The van der Waals surface area contributed by atoms with Crippen LogP contribution < -0.4 is 20.1 Å². The van der Waals surface area contributed by atoms with Gasteiger partial charge in [-0.05, 0) is 84.9 Å². The molecule has 1 heterocycles. The average Bonchev–Trinajstić information content (AvgIpc) is 3.26. The number of methoxy groups -OCH3 is 2. The van der Waals surface area contributed by atoms with E-state index in [9.17, 15) is 4.79 Å². The van der Waals surface area contributed by atoms with Gasteiger partial charge in [0.1, 0.15) is 5.01 Å². The summed E-state index contributed by atoms with van der Waals surface area (Å²) >= 11 is 6.94. The summed E-state index contributed by atoms with van der Waals surface area (Å²) in [4.78, 5) is 17.0. The monoisotopic (exact) mass is 489 g/mol. The molecule has 0 spiro atoms. The van der Waals surface area contributed by atoms with Crippen LogP contribution in [0.5, 0.6) is 11.5 Å². The van der Waals surface area contributed by atoms with Gasteiger partial charge < -0.3 is 14.8 Å². The number of aromatic nitrogens is 1. The molecule has 4 aromatic rings. The number of fused-ring (bicyclic) bond motifs is 1. The lowest BCUT2D eigenvalue weighted by Crippen LogP contribution is -2.32. The van der Waals surface area contributed by atoms with Gasteiger partial charge in [-0.2, -0.15) is 0 Å². The molecule has 0 aliphatic rings. The number of carbonyl (C=O) groups excluding carboxylic acids is 1. The molecule has 2 N–H and O–H groups in total. The molecule has 6 nitrogen and oxygen atoms in total. The number of anilines is 1. The van der Waals surface area contributed by atoms with E-state index in [4.69, 9.17) is 26.7 Å². The first kappa shape index (κ1) is 23.4. The van der Waals surface area contributed by atoms with Crippen LogP contribution >= 0.6 is 23.6 Å². The van der Waals surface area contributed by atoms with Gasteiger partial charge in [0.25, 0.3) is 0 Å². The van der Waals surface area contributed by atoms with Crippen LogP contribution in [0.1, 0.15) is 11.1 Å². The molecule has 1 amide bonds. The molecule has 3 aromatic carbocycles. The summed E-state index contributed by atoms with van der Waals surface area (Å²) < 4.78 is 11.7. The predicted molar refractivity (Wildman–Crippen MR) is 143 cm³/mol. The van der Waals surface area contributed by atoms with Gasteiger partial charge in [0.15, 0.2) is 16.6 Å². The lowest BCUT2D eigenvalue weighted by atomic mass is 10.2. The SMILES string of the molecule is COc1ccc(/C=C/C(=O)NC(=S)Nc2ccc(-c3nc4ccc(C)cc4s3)cc2)cc1OC. The van der Waals surface area contributed by atoms with E-state index in [1.165, 1.54) is 16.3 Å². The number of nitrogens with zero attached hydrogens (tertiary/aromatic N) is 1. The molecule has 8 heteroatoms. The number of thiazole rings is 1. The minimum atomic E-state index is -0.339. The van der Waals surface area contributed by atoms with Crippen LogP contribution in [0.15, 0.2) is 66.7 Å². The van der Waals surface area contributed by atoms with Crippen LogP contribution in [-0.2, 0) is 4.79 Å². The number of ether oxygens (including phenoxy) is 2. The van der Waals surface area contributed by atoms with Gasteiger partial charge in [0, 0.05) is 17.3 Å². The minimum absolute atomic E-state index is 0.213. The second-order valence-electron chi connectivity index (χ2n) is 7.46. The summed E-state index contributed by atoms with van der Waals surface area (Å²) in [5.41, 5.74) is 4.81. The van der Waals surface area contributed by atoms with Crippen molar-refractivity contribution in [3.05, 3.63) is 77.9 Å². The maximum atomic E-state index is 12.3. The first-order valence-electron chi connectivity index (χ1n) is 10.4. The fourth-order valence-corrected chi connectivity index (χ4v) is 4.58. The Morgan fingerprint density at radius 2 is 1.76 bits per heavy atom. The highest BCUT2D eigenvalue weighted by molar-refractivity contribution is 7.80. The molecule has 4 rings (SSSR count). The van der Waals surface area contributed by atoms with Crippen LogP contribution in [0, 0.1) is 6.92 Å². The van der Waals surface area contributed by atoms with Crippen molar-refractivity contribution in [2.45, 2.75) is 6.92 Å². The number of hydrogen-bond donors (Lipinski definition) is 2. The van der Waals surface area contributed by atoms with Crippen molar-refractivity contribution in [1.29, 1.82) is 0 Å². The number of rotatable bonds is 6. The summed E-state index contributed by atoms with van der Waals surface area (Å²) in [5.74, 6) is 0.874. The van der Waals surface area contributed by atoms with E-state index >= 15 is 0 Å². The predicted octanol–water partition coefficient (Wildman–Crippen LogP) is 5.82. The van der Waals surface area contributed by atoms with Crippen molar-refractivity contribution < 1.29 is 14.3 Å². The summed E-state index contributed by atoms with van der Waals surface area (Å²) in [6, 6.07) is 19.4. The van der Waals surface area contributed by atoms with E-state index in [2.05, 4.69) is 29.7 Å². The number of nitrogens with one attached hydrogen (secondary N) is 2. The normalized spacial score (nSPS) is 10.9. The van der Waals surface area contributed by atoms with Crippen molar-refractivity contribution in [3.8, 4) is 22.1 Å². The highest BCUT2D eigenvalue weighted by atomic mass is 32.1. The fraction of sp³-hybridized carbons (Fsp3) is 0.115. The maximum absolute atomic E-state index is 12.3. The Hall–Kier alpha value is -3.75. The Kier molecular flexibility index (Phi) is 7.20. The third-order valence-electron chi connectivity index (χ3n) is 5.01. The molecule has 0 aliphatic heterocycles. The highest BCUT2D eigenvalue weighted by Crippen LogP contribution is 2.31. The number of carbonyl (C=O) groups is 1. The Bertz CT molecular complexity index is 1380. The first-order chi connectivity index (χ1) is 16.4. The van der Waals surface area contributed by atoms with Crippen molar-refractivity contribution >= 4 is 56.6 Å². The van der Waals surface area contributed by atoms with E-state index in [1.54, 1.807) is 43.8 Å². The van der Waals surface area contributed by atoms with Crippen LogP contribution in [0.25, 0.3) is 26.9 Å². The van der Waals surface area contributed by atoms with Crippen molar-refractivity contribution in [2.24, 2.45) is 0 Å². The smallest absolute Gasteiger partial charge is 0.250 e. The molecular formula is C26H23N3O3S2. The van der Waals surface area contributed by atoms with Crippen LogP contribution in [0.3, 0.4) is 0 Å². The average molecular weight is 490 g/mol. The van der Waals surface area contributed by atoms with E-state index in [-0.39, 0.29) is 11.0 Å². The standard InChI is InChI=1S/C26H23N3O3S2/c1-16-4-11-20-23(14-16)34-25(28-20)18-7-9-19(10-8-18)27-26(33)29-24(30)13-6-17-5-12-21(31-2)22(15-17)32-3/h4-15H,1-3H3,(H2,27,29,30,33)/b13-6+. The summed E-state index contributed by atoms with van der Waals surface area (Å²) in [5, 5.41) is 6.85. The van der Waals surface area contributed by atoms with Gasteiger partial charge in [-0.15, -0.1) is 11.3 Å². The zero-order chi connectivity index (χ0) is 24.1. The van der Waals surface area contributed by atoms with Crippen LogP contribution in [-0.4, -0.2) is 30.2 Å². The second kappa shape index (κ2) is 10.5. The zero-order valence-electron chi connectivity index (χ0n) is 18.9. The van der Waals surface area contributed by atoms with Gasteiger partial charge in [0.2, 0.25) is 5.91 Å². The molecule has 34 heavy (non-hydrogen) atoms. The number of benzene rings is 3. The van der Waals surface area contributed by atoms with Crippen LogP contribution in [0.2, 0.25) is 0 Å². The molecule has 0 aliphatic carbocycles. The van der Waals surface area contributed by atoms with Crippen molar-refractivity contribution in [3.63, 3.8) is 0 Å². The largest absolute Gasteiger partial charge is 0.493 e.